The predicted molar refractivity (Wildman–Crippen MR) is 129 cm³/mol. The Morgan fingerprint density at radius 3 is 2.74 bits per heavy atom. The van der Waals surface area contributed by atoms with Gasteiger partial charge in [0.2, 0.25) is 0 Å². The van der Waals surface area contributed by atoms with Crippen molar-refractivity contribution in [1.82, 2.24) is 15.5 Å². The molecule has 0 saturated carbocycles. The molecule has 0 aromatic heterocycles. The van der Waals surface area contributed by atoms with E-state index in [-0.39, 0.29) is 5.76 Å². The van der Waals surface area contributed by atoms with Crippen LogP contribution >= 0.6 is 0 Å². The van der Waals surface area contributed by atoms with Gasteiger partial charge >= 0.3 is 0 Å². The Hall–Kier alpha value is -3.67. The molecule has 162 valence electrons. The van der Waals surface area contributed by atoms with Crippen LogP contribution in [0.1, 0.15) is 13.3 Å². The molecule has 0 saturated heterocycles. The fourth-order valence-electron chi connectivity index (χ4n) is 3.50. The molecule has 0 spiro atoms. The van der Waals surface area contributed by atoms with Crippen molar-refractivity contribution in [3.8, 4) is 0 Å². The number of hydrogen-bond acceptors (Lipinski definition) is 6. The van der Waals surface area contributed by atoms with Crippen molar-refractivity contribution in [2.24, 2.45) is 16.6 Å². The minimum Gasteiger partial charge on any atom is -0.506 e. The predicted octanol–water partition coefficient (Wildman–Crippen LogP) is 3.68. The molecule has 3 aliphatic rings. The van der Waals surface area contributed by atoms with Crippen LogP contribution < -0.4 is 16.4 Å². The molecule has 1 unspecified atom stereocenters. The zero-order valence-electron chi connectivity index (χ0n) is 18.3. The maximum Gasteiger partial charge on any atom is 0.132 e. The summed E-state index contributed by atoms with van der Waals surface area (Å²) in [6, 6.07) is 0. The van der Waals surface area contributed by atoms with Crippen molar-refractivity contribution < 1.29 is 5.11 Å². The maximum absolute atomic E-state index is 9.80. The van der Waals surface area contributed by atoms with Gasteiger partial charge in [0.15, 0.2) is 0 Å². The lowest BCUT2D eigenvalue weighted by Crippen LogP contribution is -2.34. The van der Waals surface area contributed by atoms with Crippen molar-refractivity contribution in [1.29, 1.82) is 0 Å². The van der Waals surface area contributed by atoms with Crippen LogP contribution in [0.15, 0.2) is 113 Å². The van der Waals surface area contributed by atoms with E-state index in [1.54, 1.807) is 18.0 Å². The molecular weight excluding hydrogens is 386 g/mol. The van der Waals surface area contributed by atoms with E-state index in [9.17, 15) is 5.11 Å². The molecule has 31 heavy (non-hydrogen) atoms. The Bertz CT molecular complexity index is 1030. The molecule has 0 amide bonds. The third-order valence-corrected chi connectivity index (χ3v) is 5.75. The zero-order chi connectivity index (χ0) is 22.7. The largest absolute Gasteiger partial charge is 0.506 e. The average molecular weight is 418 g/mol. The van der Waals surface area contributed by atoms with E-state index in [1.807, 2.05) is 0 Å². The van der Waals surface area contributed by atoms with Crippen LogP contribution in [0.2, 0.25) is 0 Å². The molecule has 5 N–H and O–H groups in total. The monoisotopic (exact) mass is 417 g/mol. The minimum absolute atomic E-state index is 0.0383. The van der Waals surface area contributed by atoms with Gasteiger partial charge in [-0.1, -0.05) is 57.5 Å². The number of likely N-dealkylation sites (N-methyl/N-ethyl adjacent to an activating group) is 1. The first-order valence-corrected chi connectivity index (χ1v) is 10.2. The lowest BCUT2D eigenvalue weighted by Gasteiger charge is -2.32. The highest BCUT2D eigenvalue weighted by Crippen LogP contribution is 2.33. The van der Waals surface area contributed by atoms with Crippen LogP contribution in [0, 0.1) is 5.92 Å². The number of nitrogens with two attached hydrogens (primary N) is 1. The van der Waals surface area contributed by atoms with Gasteiger partial charge in [-0.05, 0) is 29.2 Å². The van der Waals surface area contributed by atoms with Gasteiger partial charge in [0, 0.05) is 31.8 Å². The molecule has 1 atom stereocenters. The summed E-state index contributed by atoms with van der Waals surface area (Å²) in [5, 5.41) is 16.6. The normalized spacial score (nSPS) is 20.8. The molecule has 1 heterocycles. The highest BCUT2D eigenvalue weighted by Gasteiger charge is 2.27. The van der Waals surface area contributed by atoms with Crippen LogP contribution in [0.25, 0.3) is 0 Å². The summed E-state index contributed by atoms with van der Waals surface area (Å²) in [7, 11) is 1.78. The first-order valence-electron chi connectivity index (χ1n) is 10.2. The molecule has 0 bridgehead atoms. The van der Waals surface area contributed by atoms with Gasteiger partial charge in [-0.15, -0.1) is 0 Å². The van der Waals surface area contributed by atoms with E-state index in [2.05, 4.69) is 73.2 Å². The third-order valence-electron chi connectivity index (χ3n) is 5.75. The van der Waals surface area contributed by atoms with E-state index >= 15 is 0 Å². The van der Waals surface area contributed by atoms with E-state index < -0.39 is 0 Å². The number of rotatable bonds is 8. The number of allylic oxidation sites excluding steroid dienone is 6. The van der Waals surface area contributed by atoms with Crippen LogP contribution in [0.5, 0.6) is 0 Å². The summed E-state index contributed by atoms with van der Waals surface area (Å²) in [5.41, 5.74) is 13.1. The second kappa shape index (κ2) is 9.00. The quantitative estimate of drug-likeness (QED) is 0.453. The average Bonchev–Trinajstić information content (AvgIpc) is 2.98. The summed E-state index contributed by atoms with van der Waals surface area (Å²) >= 11 is 0. The number of nitrogens with one attached hydrogen (secondary N) is 2. The Labute approximate surface area is 184 Å². The Morgan fingerprint density at radius 2 is 2.06 bits per heavy atom. The van der Waals surface area contributed by atoms with Crippen LogP contribution in [0.4, 0.5) is 0 Å². The van der Waals surface area contributed by atoms with E-state index in [4.69, 9.17) is 5.73 Å². The molecular formula is C25H31N5O. The second-order valence-electron chi connectivity index (χ2n) is 7.88. The first-order chi connectivity index (χ1) is 14.7. The van der Waals surface area contributed by atoms with Gasteiger partial charge in [0.05, 0.1) is 22.8 Å². The van der Waals surface area contributed by atoms with E-state index in [0.29, 0.717) is 35.4 Å². The Balaban J connectivity index is 1.54. The second-order valence-corrected chi connectivity index (χ2v) is 7.88. The molecule has 1 aliphatic heterocycles. The maximum atomic E-state index is 9.80. The summed E-state index contributed by atoms with van der Waals surface area (Å²) in [6.45, 7) is 19.0. The minimum atomic E-state index is -0.0383. The molecule has 6 heteroatoms. The topological polar surface area (TPSA) is 85.9 Å². The highest BCUT2D eigenvalue weighted by molar-refractivity contribution is 6.09. The fourth-order valence-corrected chi connectivity index (χ4v) is 3.50. The van der Waals surface area contributed by atoms with Gasteiger partial charge in [-0.3, -0.25) is 0 Å². The van der Waals surface area contributed by atoms with Crippen molar-refractivity contribution >= 4 is 5.71 Å². The number of aliphatic imine (C=N–C) groups is 1. The van der Waals surface area contributed by atoms with Crippen LogP contribution in [-0.2, 0) is 0 Å². The number of nitrogens with zero attached hydrogens (tertiary/aromatic N) is 2. The first kappa shape index (κ1) is 22.0. The summed E-state index contributed by atoms with van der Waals surface area (Å²) < 4.78 is 0. The molecule has 0 fully saturated rings. The van der Waals surface area contributed by atoms with Gasteiger partial charge in [0.1, 0.15) is 11.6 Å². The highest BCUT2D eigenvalue weighted by atomic mass is 16.3. The van der Waals surface area contributed by atoms with Crippen molar-refractivity contribution in [3.63, 3.8) is 0 Å². The lowest BCUT2D eigenvalue weighted by molar-refractivity contribution is 0.378. The van der Waals surface area contributed by atoms with Crippen molar-refractivity contribution in [3.05, 3.63) is 108 Å². The van der Waals surface area contributed by atoms with E-state index in [0.717, 1.165) is 35.5 Å². The van der Waals surface area contributed by atoms with Crippen LogP contribution in [0.3, 0.4) is 0 Å². The Morgan fingerprint density at radius 1 is 1.32 bits per heavy atom. The third kappa shape index (κ3) is 4.74. The summed E-state index contributed by atoms with van der Waals surface area (Å²) in [6.07, 6.45) is 11.1. The molecule has 0 radical (unpaired) electrons. The SMILES string of the molecule is C=C(O)C1=CC(C(=C)NCC2=CCC(CNC3=C(N)C(=C)C3C)=CC=C2)=NC(=C)N1C. The van der Waals surface area contributed by atoms with Crippen molar-refractivity contribution in [2.75, 3.05) is 20.1 Å². The number of hydrogen-bond donors (Lipinski definition) is 4. The molecule has 6 nitrogen and oxygen atoms in total. The van der Waals surface area contributed by atoms with Gasteiger partial charge in [0.25, 0.3) is 0 Å². The molecule has 0 aromatic carbocycles. The smallest absolute Gasteiger partial charge is 0.132 e. The summed E-state index contributed by atoms with van der Waals surface area (Å²) in [4.78, 5) is 6.12. The van der Waals surface area contributed by atoms with Crippen LogP contribution in [-0.4, -0.2) is 35.9 Å². The van der Waals surface area contributed by atoms with E-state index in [1.165, 1.54) is 5.57 Å². The number of aliphatic hydroxyl groups is 1. The van der Waals surface area contributed by atoms with Gasteiger partial charge in [-0.2, -0.15) is 0 Å². The van der Waals surface area contributed by atoms with Gasteiger partial charge < -0.3 is 26.4 Å². The fraction of sp³-hybridized carbons (Fsp3) is 0.240. The standard InChI is InChI=1S/C25H31N5O/c1-15-16(2)25(24(15)26)28-14-21-9-7-8-20(10-11-21)13-27-17(3)22-12-23(18(4)31)30(6)19(5)29-22/h7-10,12,16,27-28,31H,1,3-5,11,13-14,26H2,2,6H3. The molecule has 3 rings (SSSR count). The van der Waals surface area contributed by atoms with Crippen molar-refractivity contribution in [2.45, 2.75) is 13.3 Å². The van der Waals surface area contributed by atoms with Gasteiger partial charge in [-0.25, -0.2) is 4.99 Å². The number of aliphatic hydroxyl groups excluding tert-OH is 1. The molecule has 0 aromatic rings. The molecule has 2 aliphatic carbocycles. The zero-order valence-corrected chi connectivity index (χ0v) is 18.3. The lowest BCUT2D eigenvalue weighted by atomic mass is 9.83. The summed E-state index contributed by atoms with van der Waals surface area (Å²) in [5.74, 6) is 0.781. The Kier molecular flexibility index (Phi) is 6.39.